The second-order valence-corrected chi connectivity index (χ2v) is 8.57. The molecule has 42 heavy (non-hydrogen) atoms. The van der Waals surface area contributed by atoms with Crippen LogP contribution in [0.15, 0.2) is 66.7 Å². The molecule has 218 valence electrons. The lowest BCUT2D eigenvalue weighted by Gasteiger charge is -2.14. The van der Waals surface area contributed by atoms with Crippen LogP contribution in [0, 0.1) is 29.1 Å². The van der Waals surface area contributed by atoms with Crippen LogP contribution in [0.4, 0.5) is 33.3 Å². The zero-order chi connectivity index (χ0) is 30.4. The average molecular weight is 587 g/mol. The standard InChI is InChI=1S/C30H23F5N2O5/c1-3-40-20-9-5-18(6-10-20)36-29(38)16-13-17(30(39)37-19-7-11-21(12-8-19)41-4-2)15-22(14-16)42-28-26(34)24(32)23(31)25(33)27(28)35/h5-15H,3-4H2,1-2H3,(H,36,38)(H,37,39). The lowest BCUT2D eigenvalue weighted by Crippen LogP contribution is -2.16. The van der Waals surface area contributed by atoms with Crippen molar-refractivity contribution in [3.8, 4) is 23.0 Å². The van der Waals surface area contributed by atoms with Gasteiger partial charge in [0.15, 0.2) is 0 Å². The van der Waals surface area contributed by atoms with E-state index in [2.05, 4.69) is 10.6 Å². The van der Waals surface area contributed by atoms with Crippen molar-refractivity contribution in [2.75, 3.05) is 23.8 Å². The Bertz CT molecular complexity index is 1500. The molecule has 0 aromatic heterocycles. The molecular weight excluding hydrogens is 563 g/mol. The van der Waals surface area contributed by atoms with Crippen molar-refractivity contribution in [1.82, 2.24) is 0 Å². The third kappa shape index (κ3) is 6.77. The molecule has 2 amide bonds. The monoisotopic (exact) mass is 586 g/mol. The number of carbonyl (C=O) groups is 2. The maximum atomic E-state index is 14.3. The van der Waals surface area contributed by atoms with E-state index >= 15 is 0 Å². The second-order valence-electron chi connectivity index (χ2n) is 8.57. The number of anilines is 2. The zero-order valence-electron chi connectivity index (χ0n) is 22.2. The smallest absolute Gasteiger partial charge is 0.255 e. The van der Waals surface area contributed by atoms with Crippen LogP contribution >= 0.6 is 0 Å². The quantitative estimate of drug-likeness (QED) is 0.114. The van der Waals surface area contributed by atoms with Gasteiger partial charge in [0.25, 0.3) is 11.8 Å². The number of halogens is 5. The molecule has 0 unspecified atom stereocenters. The summed E-state index contributed by atoms with van der Waals surface area (Å²) in [5.41, 5.74) is 0.244. The highest BCUT2D eigenvalue weighted by Gasteiger charge is 2.28. The van der Waals surface area contributed by atoms with Crippen molar-refractivity contribution in [1.29, 1.82) is 0 Å². The summed E-state index contributed by atoms with van der Waals surface area (Å²) in [5, 5.41) is 5.18. The lowest BCUT2D eigenvalue weighted by molar-refractivity contribution is 0.102. The fraction of sp³-hybridized carbons (Fsp3) is 0.133. The molecule has 4 rings (SSSR count). The number of ether oxygens (including phenoxy) is 3. The predicted octanol–water partition coefficient (Wildman–Crippen LogP) is 7.48. The zero-order valence-corrected chi connectivity index (χ0v) is 22.2. The van der Waals surface area contributed by atoms with Crippen molar-refractivity contribution in [2.45, 2.75) is 13.8 Å². The molecule has 0 radical (unpaired) electrons. The van der Waals surface area contributed by atoms with Crippen molar-refractivity contribution in [2.24, 2.45) is 0 Å². The van der Waals surface area contributed by atoms with Crippen molar-refractivity contribution in [3.63, 3.8) is 0 Å². The average Bonchev–Trinajstić information content (AvgIpc) is 2.99. The van der Waals surface area contributed by atoms with Gasteiger partial charge in [-0.3, -0.25) is 9.59 Å². The molecule has 0 aliphatic carbocycles. The molecule has 0 bridgehead atoms. The van der Waals surface area contributed by atoms with Gasteiger partial charge in [0.05, 0.1) is 13.2 Å². The van der Waals surface area contributed by atoms with Crippen molar-refractivity contribution in [3.05, 3.63) is 107 Å². The van der Waals surface area contributed by atoms with Crippen LogP contribution in [0.3, 0.4) is 0 Å². The van der Waals surface area contributed by atoms with Gasteiger partial charge in [0, 0.05) is 22.5 Å². The molecular formula is C30H23F5N2O5. The fourth-order valence-electron chi connectivity index (χ4n) is 3.72. The third-order valence-electron chi connectivity index (χ3n) is 5.67. The molecule has 2 N–H and O–H groups in total. The molecule has 4 aromatic carbocycles. The Morgan fingerprint density at radius 1 is 0.571 bits per heavy atom. The Kier molecular flexibility index (Phi) is 9.25. The van der Waals surface area contributed by atoms with Gasteiger partial charge >= 0.3 is 0 Å². The first-order valence-corrected chi connectivity index (χ1v) is 12.5. The summed E-state index contributed by atoms with van der Waals surface area (Å²) in [5.74, 6) is -13.8. The highest BCUT2D eigenvalue weighted by atomic mass is 19.2. The van der Waals surface area contributed by atoms with E-state index in [-0.39, 0.29) is 11.1 Å². The first-order chi connectivity index (χ1) is 20.1. The molecule has 4 aromatic rings. The van der Waals surface area contributed by atoms with E-state index in [1.165, 1.54) is 6.07 Å². The Hall–Kier alpha value is -5.13. The van der Waals surface area contributed by atoms with Crippen molar-refractivity contribution < 1.29 is 45.8 Å². The summed E-state index contributed by atoms with van der Waals surface area (Å²) in [7, 11) is 0. The number of carbonyl (C=O) groups excluding carboxylic acids is 2. The maximum Gasteiger partial charge on any atom is 0.255 e. The van der Waals surface area contributed by atoms with E-state index in [4.69, 9.17) is 14.2 Å². The topological polar surface area (TPSA) is 85.9 Å². The Balaban J connectivity index is 1.68. The summed E-state index contributed by atoms with van der Waals surface area (Å²) >= 11 is 0. The normalized spacial score (nSPS) is 10.6. The molecule has 0 atom stereocenters. The van der Waals surface area contributed by atoms with Crippen molar-refractivity contribution >= 4 is 23.2 Å². The van der Waals surface area contributed by atoms with Gasteiger partial charge in [-0.15, -0.1) is 0 Å². The fourth-order valence-corrected chi connectivity index (χ4v) is 3.72. The molecule has 0 aliphatic rings. The number of benzene rings is 4. The summed E-state index contributed by atoms with van der Waals surface area (Å²) < 4.78 is 85.5. The van der Waals surface area contributed by atoms with E-state index in [0.29, 0.717) is 36.1 Å². The molecule has 0 saturated heterocycles. The molecule has 0 saturated carbocycles. The molecule has 0 aliphatic heterocycles. The van der Waals surface area contributed by atoms with E-state index in [1.54, 1.807) is 62.4 Å². The lowest BCUT2D eigenvalue weighted by atomic mass is 10.1. The number of hydrogen-bond acceptors (Lipinski definition) is 5. The number of hydrogen-bond donors (Lipinski definition) is 2. The highest BCUT2D eigenvalue weighted by Crippen LogP contribution is 2.34. The first-order valence-electron chi connectivity index (χ1n) is 12.5. The van der Waals surface area contributed by atoms with E-state index in [9.17, 15) is 31.5 Å². The number of nitrogens with one attached hydrogen (secondary N) is 2. The van der Waals surface area contributed by atoms with Gasteiger partial charge in [-0.1, -0.05) is 0 Å². The second kappa shape index (κ2) is 13.0. The van der Waals surface area contributed by atoms with Crippen LogP contribution in [-0.2, 0) is 0 Å². The SMILES string of the molecule is CCOc1ccc(NC(=O)c2cc(Oc3c(F)c(F)c(F)c(F)c3F)cc(C(=O)Nc3ccc(OCC)cc3)c2)cc1. The first kappa shape index (κ1) is 29.8. The minimum absolute atomic E-state index is 0.220. The minimum Gasteiger partial charge on any atom is -0.494 e. The highest BCUT2D eigenvalue weighted by molar-refractivity contribution is 6.09. The van der Waals surface area contributed by atoms with Gasteiger partial charge < -0.3 is 24.8 Å². The largest absolute Gasteiger partial charge is 0.494 e. The van der Waals surface area contributed by atoms with Crippen LogP contribution in [0.1, 0.15) is 34.6 Å². The summed E-state index contributed by atoms with van der Waals surface area (Å²) in [4.78, 5) is 26.2. The van der Waals surface area contributed by atoms with Crippen LogP contribution in [0.25, 0.3) is 0 Å². The third-order valence-corrected chi connectivity index (χ3v) is 5.67. The molecule has 0 fully saturated rings. The van der Waals surface area contributed by atoms with Crippen LogP contribution in [-0.4, -0.2) is 25.0 Å². The van der Waals surface area contributed by atoms with Crippen LogP contribution < -0.4 is 24.8 Å². The summed E-state index contributed by atoms with van der Waals surface area (Å²) in [6, 6.07) is 15.8. The van der Waals surface area contributed by atoms with Gasteiger partial charge in [-0.05, 0) is 80.6 Å². The van der Waals surface area contributed by atoms with E-state index in [0.717, 1.165) is 12.1 Å². The van der Waals surface area contributed by atoms with Gasteiger partial charge in [0.1, 0.15) is 17.2 Å². The summed E-state index contributed by atoms with van der Waals surface area (Å²) in [6.07, 6.45) is 0. The van der Waals surface area contributed by atoms with Gasteiger partial charge in [0.2, 0.25) is 34.8 Å². The van der Waals surface area contributed by atoms with Crippen LogP contribution in [0.5, 0.6) is 23.0 Å². The van der Waals surface area contributed by atoms with E-state index < -0.39 is 52.4 Å². The minimum atomic E-state index is -2.36. The Morgan fingerprint density at radius 3 is 1.33 bits per heavy atom. The maximum absolute atomic E-state index is 14.3. The van der Waals surface area contributed by atoms with Crippen LogP contribution in [0.2, 0.25) is 0 Å². The molecule has 7 nitrogen and oxygen atoms in total. The Labute approximate surface area is 236 Å². The summed E-state index contributed by atoms with van der Waals surface area (Å²) in [6.45, 7) is 4.48. The number of amides is 2. The number of rotatable bonds is 10. The van der Waals surface area contributed by atoms with Gasteiger partial charge in [-0.2, -0.15) is 8.78 Å². The molecule has 12 heteroatoms. The predicted molar refractivity (Wildman–Crippen MR) is 144 cm³/mol. The van der Waals surface area contributed by atoms with E-state index in [1.807, 2.05) is 0 Å². The molecule has 0 heterocycles. The van der Waals surface area contributed by atoms with Gasteiger partial charge in [-0.25, -0.2) is 13.2 Å². The molecule has 0 spiro atoms. The Morgan fingerprint density at radius 2 is 0.952 bits per heavy atom.